The highest BCUT2D eigenvalue weighted by Crippen LogP contribution is 2.42. The minimum absolute atomic E-state index is 0.0299. The van der Waals surface area contributed by atoms with Gasteiger partial charge in [0.2, 0.25) is 5.91 Å². The Labute approximate surface area is 208 Å². The molecule has 7 nitrogen and oxygen atoms in total. The van der Waals surface area contributed by atoms with E-state index in [1.165, 1.54) is 19.3 Å². The minimum atomic E-state index is -0.971. The number of carbonyl (C=O) groups is 2. The monoisotopic (exact) mass is 481 g/mol. The molecule has 7 heteroatoms. The van der Waals surface area contributed by atoms with Gasteiger partial charge in [0.1, 0.15) is 22.7 Å². The summed E-state index contributed by atoms with van der Waals surface area (Å²) in [6, 6.07) is 5.91. The quantitative estimate of drug-likeness (QED) is 0.649. The van der Waals surface area contributed by atoms with E-state index in [0.29, 0.717) is 23.7 Å². The Morgan fingerprint density at radius 1 is 0.943 bits per heavy atom. The molecule has 1 aromatic carbocycles. The molecule has 2 heterocycles. The first kappa shape index (κ1) is 24.0. The summed E-state index contributed by atoms with van der Waals surface area (Å²) < 4.78 is 13.3. The summed E-state index contributed by atoms with van der Waals surface area (Å²) in [7, 11) is 3.27. The lowest BCUT2D eigenvalue weighted by Gasteiger charge is -2.47. The molecule has 2 aliphatic carbocycles. The molecule has 0 unspecified atom stereocenters. The van der Waals surface area contributed by atoms with Crippen LogP contribution in [0.1, 0.15) is 88.0 Å². The van der Waals surface area contributed by atoms with Gasteiger partial charge >= 0.3 is 0 Å². The van der Waals surface area contributed by atoms with Gasteiger partial charge in [0.05, 0.1) is 26.3 Å². The molecule has 0 saturated heterocycles. The van der Waals surface area contributed by atoms with Crippen molar-refractivity contribution in [2.24, 2.45) is 0 Å². The van der Waals surface area contributed by atoms with Crippen LogP contribution in [-0.2, 0) is 11.3 Å². The second-order valence-electron chi connectivity index (χ2n) is 10.8. The molecule has 2 saturated carbocycles. The van der Waals surface area contributed by atoms with Gasteiger partial charge in [-0.05, 0) is 50.8 Å². The number of nitrogens with one attached hydrogen (secondary N) is 1. The maximum Gasteiger partial charge on any atom is 0.271 e. The van der Waals surface area contributed by atoms with Crippen LogP contribution < -0.4 is 14.8 Å². The average Bonchev–Trinajstić information content (AvgIpc) is 3.49. The van der Waals surface area contributed by atoms with Gasteiger partial charge in [0.15, 0.2) is 0 Å². The molecular formula is C28H39N3O4. The van der Waals surface area contributed by atoms with Crippen molar-refractivity contribution in [2.75, 3.05) is 14.2 Å². The van der Waals surface area contributed by atoms with E-state index in [2.05, 4.69) is 5.32 Å². The lowest BCUT2D eigenvalue weighted by molar-refractivity contribution is -0.135. The van der Waals surface area contributed by atoms with Crippen molar-refractivity contribution in [3.8, 4) is 11.5 Å². The summed E-state index contributed by atoms with van der Waals surface area (Å²) in [4.78, 5) is 30.1. The highest BCUT2D eigenvalue weighted by molar-refractivity contribution is 6.06. The third-order valence-electron chi connectivity index (χ3n) is 8.48. The van der Waals surface area contributed by atoms with Crippen LogP contribution in [0.5, 0.6) is 11.5 Å². The summed E-state index contributed by atoms with van der Waals surface area (Å²) >= 11 is 0. The standard InChI is InChI=1S/C28H39N3O4/c1-28(27(33)29-19-11-7-5-4-6-8-12-19)18-30-22(26(32)31(28)20-13-9-10-14-20)17-21-23(34-2)15-16-24(35-3)25(21)30/h15-17,19-20H,4-14,18H2,1-3H3,(H,29,33)/t28-/m0/s1. The molecule has 2 amide bonds. The zero-order valence-electron chi connectivity index (χ0n) is 21.4. The van der Waals surface area contributed by atoms with Gasteiger partial charge in [-0.25, -0.2) is 0 Å². The molecule has 1 atom stereocenters. The van der Waals surface area contributed by atoms with E-state index in [9.17, 15) is 9.59 Å². The van der Waals surface area contributed by atoms with Crippen molar-refractivity contribution in [3.05, 3.63) is 23.9 Å². The number of fused-ring (bicyclic) bond motifs is 3. The maximum absolute atomic E-state index is 14.1. The predicted molar refractivity (Wildman–Crippen MR) is 136 cm³/mol. The zero-order valence-corrected chi connectivity index (χ0v) is 21.4. The fourth-order valence-electron chi connectivity index (χ4n) is 6.59. The molecule has 0 bridgehead atoms. The van der Waals surface area contributed by atoms with E-state index >= 15 is 0 Å². The number of carbonyl (C=O) groups excluding carboxylic acids is 2. The number of ether oxygens (including phenoxy) is 2. The number of nitrogens with zero attached hydrogens (tertiary/aromatic N) is 2. The first-order valence-electron chi connectivity index (χ1n) is 13.4. The Balaban J connectivity index is 1.57. The van der Waals surface area contributed by atoms with Crippen LogP contribution in [-0.4, -0.2) is 53.1 Å². The Hall–Kier alpha value is -2.70. The molecule has 0 spiro atoms. The van der Waals surface area contributed by atoms with Crippen LogP contribution in [0.2, 0.25) is 0 Å². The van der Waals surface area contributed by atoms with Gasteiger partial charge in [-0.1, -0.05) is 44.9 Å². The van der Waals surface area contributed by atoms with Crippen LogP contribution in [0.3, 0.4) is 0 Å². The first-order valence-corrected chi connectivity index (χ1v) is 13.4. The van der Waals surface area contributed by atoms with Crippen molar-refractivity contribution in [2.45, 2.75) is 102 Å². The van der Waals surface area contributed by atoms with Gasteiger partial charge in [-0.15, -0.1) is 0 Å². The van der Waals surface area contributed by atoms with Crippen molar-refractivity contribution < 1.29 is 19.1 Å². The van der Waals surface area contributed by atoms with E-state index < -0.39 is 5.54 Å². The third kappa shape index (κ3) is 4.17. The second-order valence-corrected chi connectivity index (χ2v) is 10.8. The van der Waals surface area contributed by atoms with E-state index in [-0.39, 0.29) is 23.9 Å². The fraction of sp³-hybridized carbons (Fsp3) is 0.643. The number of amides is 2. The Kier molecular flexibility index (Phi) is 6.69. The fourth-order valence-corrected chi connectivity index (χ4v) is 6.59. The molecule has 2 fully saturated rings. The molecule has 190 valence electrons. The SMILES string of the molecule is COc1ccc(OC)c2c1cc1n2C[C@@](C)(C(=O)NC2CCCCCCC2)N(C2CCCC2)C1=O. The van der Waals surface area contributed by atoms with E-state index in [4.69, 9.17) is 9.47 Å². The minimum Gasteiger partial charge on any atom is -0.496 e. The second kappa shape index (κ2) is 9.75. The largest absolute Gasteiger partial charge is 0.496 e. The van der Waals surface area contributed by atoms with Crippen LogP contribution in [0.4, 0.5) is 0 Å². The molecule has 35 heavy (non-hydrogen) atoms. The van der Waals surface area contributed by atoms with Crippen LogP contribution in [0.15, 0.2) is 18.2 Å². The molecule has 1 aliphatic heterocycles. The van der Waals surface area contributed by atoms with E-state index in [0.717, 1.165) is 62.3 Å². The number of methoxy groups -OCH3 is 2. The lowest BCUT2D eigenvalue weighted by atomic mass is 9.90. The van der Waals surface area contributed by atoms with Gasteiger partial charge in [0.25, 0.3) is 5.91 Å². The summed E-state index contributed by atoms with van der Waals surface area (Å²) in [6.45, 7) is 2.36. The van der Waals surface area contributed by atoms with E-state index in [1.54, 1.807) is 14.2 Å². The van der Waals surface area contributed by atoms with Crippen molar-refractivity contribution in [1.82, 2.24) is 14.8 Å². The number of aromatic nitrogens is 1. The average molecular weight is 482 g/mol. The summed E-state index contributed by atoms with van der Waals surface area (Å²) in [5, 5.41) is 4.23. The van der Waals surface area contributed by atoms with Crippen LogP contribution in [0.25, 0.3) is 10.9 Å². The number of benzene rings is 1. The van der Waals surface area contributed by atoms with Crippen molar-refractivity contribution in [3.63, 3.8) is 0 Å². The zero-order chi connectivity index (χ0) is 24.6. The molecule has 0 radical (unpaired) electrons. The van der Waals surface area contributed by atoms with E-state index in [1.807, 2.05) is 34.6 Å². The Morgan fingerprint density at radius 3 is 2.20 bits per heavy atom. The van der Waals surface area contributed by atoms with Gasteiger partial charge in [-0.2, -0.15) is 0 Å². The van der Waals surface area contributed by atoms with Crippen molar-refractivity contribution in [1.29, 1.82) is 0 Å². The Bertz CT molecular complexity index is 1100. The third-order valence-corrected chi connectivity index (χ3v) is 8.48. The summed E-state index contributed by atoms with van der Waals surface area (Å²) in [6.07, 6.45) is 12.2. The normalized spacial score (nSPS) is 24.2. The number of hydrogen-bond acceptors (Lipinski definition) is 4. The Morgan fingerprint density at radius 2 is 1.54 bits per heavy atom. The highest BCUT2D eigenvalue weighted by atomic mass is 16.5. The van der Waals surface area contributed by atoms with Crippen molar-refractivity contribution >= 4 is 22.7 Å². The molecule has 2 aromatic rings. The van der Waals surface area contributed by atoms with Crippen LogP contribution in [0, 0.1) is 0 Å². The maximum atomic E-state index is 14.1. The van der Waals surface area contributed by atoms with Gasteiger partial charge in [0, 0.05) is 17.5 Å². The molecule has 5 rings (SSSR count). The topological polar surface area (TPSA) is 72.8 Å². The predicted octanol–water partition coefficient (Wildman–Crippen LogP) is 5.04. The lowest BCUT2D eigenvalue weighted by Crippen LogP contribution is -2.67. The smallest absolute Gasteiger partial charge is 0.271 e. The number of rotatable bonds is 5. The molecular weight excluding hydrogens is 442 g/mol. The number of hydrogen-bond donors (Lipinski definition) is 1. The molecule has 1 N–H and O–H groups in total. The summed E-state index contributed by atoms with van der Waals surface area (Å²) in [5.74, 6) is 1.27. The highest BCUT2D eigenvalue weighted by Gasteiger charge is 2.51. The molecule has 1 aromatic heterocycles. The summed E-state index contributed by atoms with van der Waals surface area (Å²) in [5.41, 5.74) is 0.443. The van der Waals surface area contributed by atoms with Gasteiger partial charge < -0.3 is 24.3 Å². The van der Waals surface area contributed by atoms with Crippen LogP contribution >= 0.6 is 0 Å². The first-order chi connectivity index (χ1) is 17.0. The van der Waals surface area contributed by atoms with Gasteiger partial charge in [-0.3, -0.25) is 9.59 Å². The molecule has 3 aliphatic rings.